The molecule has 2 bridgehead atoms. The van der Waals surface area contributed by atoms with Gasteiger partial charge in [0, 0.05) is 31.7 Å². The average Bonchev–Trinajstić information content (AvgIpc) is 3.35. The van der Waals surface area contributed by atoms with Crippen molar-refractivity contribution in [3.8, 4) is 5.75 Å². The van der Waals surface area contributed by atoms with Crippen molar-refractivity contribution in [2.75, 3.05) is 19.7 Å². The van der Waals surface area contributed by atoms with Gasteiger partial charge in [-0.15, -0.1) is 0 Å². The Bertz CT molecular complexity index is 597. The molecule has 2 aliphatic carbocycles. The van der Waals surface area contributed by atoms with E-state index in [1.54, 1.807) is 0 Å². The van der Waals surface area contributed by atoms with Crippen molar-refractivity contribution in [2.24, 2.45) is 11.8 Å². The summed E-state index contributed by atoms with van der Waals surface area (Å²) in [5, 5.41) is 9.99. The van der Waals surface area contributed by atoms with Crippen LogP contribution in [-0.2, 0) is 16.8 Å². The minimum absolute atomic E-state index is 0.116. The molecule has 3 nitrogen and oxygen atoms in total. The van der Waals surface area contributed by atoms with Crippen molar-refractivity contribution in [1.29, 1.82) is 0 Å². The van der Waals surface area contributed by atoms with Gasteiger partial charge in [-0.3, -0.25) is 4.90 Å². The first-order valence-corrected chi connectivity index (χ1v) is 8.97. The molecule has 3 atom stereocenters. The fraction of sp³-hybridized carbons (Fsp3) is 0.684. The van der Waals surface area contributed by atoms with Gasteiger partial charge < -0.3 is 9.84 Å². The number of fused-ring (bicyclic) bond motifs is 1. The molecule has 0 spiro atoms. The molecule has 0 aromatic heterocycles. The Hall–Kier alpha value is -1.06. The van der Waals surface area contributed by atoms with Crippen LogP contribution in [0.4, 0.5) is 0 Å². The molecule has 2 saturated heterocycles. The van der Waals surface area contributed by atoms with Crippen LogP contribution in [0.15, 0.2) is 18.2 Å². The summed E-state index contributed by atoms with van der Waals surface area (Å²) < 4.78 is 6.45. The van der Waals surface area contributed by atoms with Crippen LogP contribution < -0.4 is 0 Å². The first-order chi connectivity index (χ1) is 10.8. The SMILES string of the molecule is Oc1ccc2c(c1)[C@]13CCN(CC4CC4)[C@H](C2)[C@@H]1CCCO3. The molecule has 1 N–H and O–H groups in total. The first kappa shape index (κ1) is 13.4. The maximum atomic E-state index is 9.99. The number of nitrogens with zero attached hydrogens (tertiary/aromatic N) is 1. The minimum atomic E-state index is -0.116. The molecule has 4 aliphatic rings. The molecule has 2 heterocycles. The van der Waals surface area contributed by atoms with Gasteiger partial charge in [-0.2, -0.15) is 0 Å². The Morgan fingerprint density at radius 1 is 1.27 bits per heavy atom. The van der Waals surface area contributed by atoms with Crippen molar-refractivity contribution in [3.05, 3.63) is 29.3 Å². The molecule has 3 heteroatoms. The lowest BCUT2D eigenvalue weighted by molar-refractivity contribution is -0.185. The molecule has 0 unspecified atom stereocenters. The normalized spacial score (nSPS) is 37.5. The monoisotopic (exact) mass is 299 g/mol. The zero-order valence-corrected chi connectivity index (χ0v) is 13.1. The summed E-state index contributed by atoms with van der Waals surface area (Å²) in [6.07, 6.45) is 7.56. The summed E-state index contributed by atoms with van der Waals surface area (Å²) >= 11 is 0. The largest absolute Gasteiger partial charge is 0.508 e. The minimum Gasteiger partial charge on any atom is -0.508 e. The van der Waals surface area contributed by atoms with Crippen LogP contribution in [0.1, 0.15) is 43.2 Å². The molecular formula is C19H25NO2. The average molecular weight is 299 g/mol. The van der Waals surface area contributed by atoms with Crippen LogP contribution in [0.3, 0.4) is 0 Å². The van der Waals surface area contributed by atoms with E-state index in [2.05, 4.69) is 11.0 Å². The van der Waals surface area contributed by atoms with Gasteiger partial charge in [0.2, 0.25) is 0 Å². The summed E-state index contributed by atoms with van der Waals surface area (Å²) in [6.45, 7) is 3.33. The number of phenolic OH excluding ortho intramolecular Hbond substituents is 1. The zero-order chi connectivity index (χ0) is 14.7. The quantitative estimate of drug-likeness (QED) is 0.911. The summed E-state index contributed by atoms with van der Waals surface area (Å²) in [7, 11) is 0. The number of aromatic hydroxyl groups is 1. The van der Waals surface area contributed by atoms with Crippen LogP contribution in [0, 0.1) is 11.8 Å². The molecule has 2 aliphatic heterocycles. The van der Waals surface area contributed by atoms with Gasteiger partial charge in [0.15, 0.2) is 0 Å². The lowest BCUT2D eigenvalue weighted by atomic mass is 9.62. The lowest BCUT2D eigenvalue weighted by Gasteiger charge is -2.58. The van der Waals surface area contributed by atoms with Crippen molar-refractivity contribution in [3.63, 3.8) is 0 Å². The van der Waals surface area contributed by atoms with E-state index in [0.29, 0.717) is 17.7 Å². The van der Waals surface area contributed by atoms with Gasteiger partial charge in [-0.25, -0.2) is 0 Å². The van der Waals surface area contributed by atoms with Crippen molar-refractivity contribution in [2.45, 2.75) is 50.2 Å². The number of piperidine rings is 1. The van der Waals surface area contributed by atoms with Gasteiger partial charge >= 0.3 is 0 Å². The van der Waals surface area contributed by atoms with E-state index in [4.69, 9.17) is 4.74 Å². The second-order valence-corrected chi connectivity index (χ2v) is 7.79. The molecule has 118 valence electrons. The fourth-order valence-electron chi connectivity index (χ4n) is 5.29. The van der Waals surface area contributed by atoms with Crippen LogP contribution in [0.2, 0.25) is 0 Å². The standard InChI is InChI=1S/C19H25NO2/c21-15-6-5-14-10-18-16-2-1-9-22-19(16,17(14)11-15)7-8-20(18)12-13-3-4-13/h5-6,11,13,16,18,21H,1-4,7-10,12H2/t16-,18+,19-/m0/s1. The van der Waals surface area contributed by atoms with Gasteiger partial charge in [-0.1, -0.05) is 6.07 Å². The summed E-state index contributed by atoms with van der Waals surface area (Å²) in [6, 6.07) is 6.61. The third-order valence-corrected chi connectivity index (χ3v) is 6.49. The van der Waals surface area contributed by atoms with Gasteiger partial charge in [0.05, 0.1) is 5.60 Å². The zero-order valence-electron chi connectivity index (χ0n) is 13.1. The molecule has 1 saturated carbocycles. The second kappa shape index (κ2) is 4.72. The Labute approximate surface area is 132 Å². The van der Waals surface area contributed by atoms with Crippen molar-refractivity contribution >= 4 is 0 Å². The number of ether oxygens (including phenoxy) is 1. The highest BCUT2D eigenvalue weighted by Crippen LogP contribution is 2.54. The maximum Gasteiger partial charge on any atom is 0.115 e. The lowest BCUT2D eigenvalue weighted by Crippen LogP contribution is -2.62. The fourth-order valence-corrected chi connectivity index (χ4v) is 5.29. The predicted octanol–water partition coefficient (Wildman–Crippen LogP) is 3.05. The van der Waals surface area contributed by atoms with E-state index >= 15 is 0 Å². The van der Waals surface area contributed by atoms with E-state index in [1.807, 2.05) is 12.1 Å². The second-order valence-electron chi connectivity index (χ2n) is 7.79. The number of rotatable bonds is 2. The molecular weight excluding hydrogens is 274 g/mol. The summed E-state index contributed by atoms with van der Waals surface area (Å²) in [4.78, 5) is 2.77. The highest BCUT2D eigenvalue weighted by molar-refractivity contribution is 5.43. The van der Waals surface area contributed by atoms with E-state index in [1.165, 1.54) is 43.4 Å². The Balaban J connectivity index is 1.58. The summed E-state index contributed by atoms with van der Waals surface area (Å²) in [5.74, 6) is 1.96. The highest BCUT2D eigenvalue weighted by atomic mass is 16.5. The van der Waals surface area contributed by atoms with Crippen LogP contribution >= 0.6 is 0 Å². The van der Waals surface area contributed by atoms with E-state index in [9.17, 15) is 5.11 Å². The maximum absolute atomic E-state index is 9.99. The van der Waals surface area contributed by atoms with Crippen molar-refractivity contribution < 1.29 is 9.84 Å². The molecule has 0 amide bonds. The van der Waals surface area contributed by atoms with E-state index < -0.39 is 0 Å². The molecule has 0 radical (unpaired) electrons. The van der Waals surface area contributed by atoms with Gasteiger partial charge in [-0.05, 0) is 67.7 Å². The number of hydrogen-bond donors (Lipinski definition) is 1. The summed E-state index contributed by atoms with van der Waals surface area (Å²) in [5.41, 5.74) is 2.58. The highest BCUT2D eigenvalue weighted by Gasteiger charge is 2.55. The van der Waals surface area contributed by atoms with E-state index in [0.717, 1.165) is 31.9 Å². The molecule has 1 aromatic rings. The van der Waals surface area contributed by atoms with Crippen LogP contribution in [0.5, 0.6) is 5.75 Å². The van der Waals surface area contributed by atoms with E-state index in [-0.39, 0.29) is 5.60 Å². The topological polar surface area (TPSA) is 32.7 Å². The molecule has 1 aromatic carbocycles. The third-order valence-electron chi connectivity index (χ3n) is 6.49. The van der Waals surface area contributed by atoms with Gasteiger partial charge in [0.1, 0.15) is 5.75 Å². The van der Waals surface area contributed by atoms with Crippen LogP contribution in [-0.4, -0.2) is 35.7 Å². The Morgan fingerprint density at radius 2 is 2.18 bits per heavy atom. The number of likely N-dealkylation sites (tertiary alicyclic amines) is 1. The Kier molecular flexibility index (Phi) is 2.87. The molecule has 5 rings (SSSR count). The molecule has 22 heavy (non-hydrogen) atoms. The number of benzene rings is 1. The smallest absolute Gasteiger partial charge is 0.115 e. The number of hydrogen-bond acceptors (Lipinski definition) is 3. The van der Waals surface area contributed by atoms with Crippen molar-refractivity contribution in [1.82, 2.24) is 4.90 Å². The number of phenols is 1. The predicted molar refractivity (Wildman–Crippen MR) is 84.9 cm³/mol. The Morgan fingerprint density at radius 3 is 3.05 bits per heavy atom. The van der Waals surface area contributed by atoms with Crippen LogP contribution in [0.25, 0.3) is 0 Å². The molecule has 3 fully saturated rings. The van der Waals surface area contributed by atoms with Gasteiger partial charge in [0.25, 0.3) is 0 Å². The first-order valence-electron chi connectivity index (χ1n) is 8.97. The third kappa shape index (κ3) is 1.88.